The first-order valence-corrected chi connectivity index (χ1v) is 8.74. The Morgan fingerprint density at radius 2 is 1.78 bits per heavy atom. The molecular formula is C19H26N4. The number of aromatic nitrogens is 2. The average molecular weight is 310 g/mol. The van der Waals surface area contributed by atoms with Crippen LogP contribution in [0.15, 0.2) is 42.7 Å². The molecular weight excluding hydrogens is 284 g/mol. The van der Waals surface area contributed by atoms with Crippen LogP contribution in [0.5, 0.6) is 0 Å². The van der Waals surface area contributed by atoms with E-state index in [1.807, 2.05) is 23.1 Å². The van der Waals surface area contributed by atoms with Crippen LogP contribution in [0, 0.1) is 5.92 Å². The third-order valence-electron chi connectivity index (χ3n) is 5.32. The summed E-state index contributed by atoms with van der Waals surface area (Å²) in [7, 11) is 2.28. The zero-order chi connectivity index (χ0) is 15.6. The highest BCUT2D eigenvalue weighted by molar-refractivity contribution is 5.23. The lowest BCUT2D eigenvalue weighted by Crippen LogP contribution is -2.43. The number of hydrogen-bond acceptors (Lipinski definition) is 3. The van der Waals surface area contributed by atoms with Crippen molar-refractivity contribution in [3.8, 4) is 0 Å². The first kappa shape index (κ1) is 14.9. The van der Waals surface area contributed by atoms with Gasteiger partial charge in [-0.2, -0.15) is 5.10 Å². The highest BCUT2D eigenvalue weighted by Crippen LogP contribution is 2.28. The summed E-state index contributed by atoms with van der Waals surface area (Å²) in [5, 5.41) is 4.27. The fourth-order valence-corrected chi connectivity index (χ4v) is 4.17. The van der Waals surface area contributed by atoms with Crippen molar-refractivity contribution in [3.63, 3.8) is 0 Å². The van der Waals surface area contributed by atoms with E-state index >= 15 is 0 Å². The van der Waals surface area contributed by atoms with Gasteiger partial charge in [0.15, 0.2) is 0 Å². The molecule has 2 aromatic rings. The Morgan fingerprint density at radius 3 is 2.52 bits per heavy atom. The maximum absolute atomic E-state index is 4.27. The Labute approximate surface area is 138 Å². The molecule has 0 unspecified atom stereocenters. The van der Waals surface area contributed by atoms with E-state index < -0.39 is 0 Å². The van der Waals surface area contributed by atoms with Crippen LogP contribution in [0.25, 0.3) is 0 Å². The van der Waals surface area contributed by atoms with Gasteiger partial charge in [-0.05, 0) is 43.0 Å². The third-order valence-corrected chi connectivity index (χ3v) is 5.32. The summed E-state index contributed by atoms with van der Waals surface area (Å²) in [6.45, 7) is 5.72. The smallest absolute Gasteiger partial charge is 0.0659 e. The number of fused-ring (bicyclic) bond motifs is 4. The summed E-state index contributed by atoms with van der Waals surface area (Å²) >= 11 is 0. The quantitative estimate of drug-likeness (QED) is 0.867. The van der Waals surface area contributed by atoms with Gasteiger partial charge in [0.05, 0.1) is 6.54 Å². The largest absolute Gasteiger partial charge is 0.304 e. The SMILES string of the molecule is CN1C[C@H]2CC[C@@H](C1)N(Cc1ccc(Cn3cccn3)cc1)C2. The molecule has 1 aromatic carbocycles. The zero-order valence-electron chi connectivity index (χ0n) is 13.9. The number of benzene rings is 1. The Hall–Kier alpha value is -1.65. The van der Waals surface area contributed by atoms with Crippen LogP contribution in [0.3, 0.4) is 0 Å². The molecule has 3 saturated heterocycles. The molecule has 0 aliphatic carbocycles. The van der Waals surface area contributed by atoms with E-state index in [9.17, 15) is 0 Å². The van der Waals surface area contributed by atoms with Gasteiger partial charge in [0.25, 0.3) is 0 Å². The van der Waals surface area contributed by atoms with Crippen LogP contribution < -0.4 is 0 Å². The summed E-state index contributed by atoms with van der Waals surface area (Å²) < 4.78 is 1.97. The predicted molar refractivity (Wildman–Crippen MR) is 92.2 cm³/mol. The highest BCUT2D eigenvalue weighted by atomic mass is 15.3. The normalized spacial score (nSPS) is 25.6. The second-order valence-electron chi connectivity index (χ2n) is 7.27. The van der Waals surface area contributed by atoms with E-state index in [2.05, 4.69) is 46.2 Å². The van der Waals surface area contributed by atoms with Crippen LogP contribution in [0.1, 0.15) is 24.0 Å². The number of piperidine rings is 1. The van der Waals surface area contributed by atoms with Gasteiger partial charge in [-0.25, -0.2) is 0 Å². The first-order valence-electron chi connectivity index (χ1n) is 8.74. The first-order chi connectivity index (χ1) is 11.3. The monoisotopic (exact) mass is 310 g/mol. The molecule has 0 N–H and O–H groups in total. The summed E-state index contributed by atoms with van der Waals surface area (Å²) in [5.41, 5.74) is 2.75. The molecule has 122 valence electrons. The zero-order valence-corrected chi connectivity index (χ0v) is 13.9. The Balaban J connectivity index is 1.41. The fourth-order valence-electron chi connectivity index (χ4n) is 4.17. The molecule has 4 heterocycles. The molecule has 1 aromatic heterocycles. The molecule has 4 nitrogen and oxygen atoms in total. The molecule has 2 bridgehead atoms. The summed E-state index contributed by atoms with van der Waals surface area (Å²) in [6, 6.07) is 11.8. The topological polar surface area (TPSA) is 24.3 Å². The van der Waals surface area contributed by atoms with E-state index in [1.165, 1.54) is 43.6 Å². The van der Waals surface area contributed by atoms with Crippen molar-refractivity contribution in [1.29, 1.82) is 0 Å². The lowest BCUT2D eigenvalue weighted by atomic mass is 9.94. The van der Waals surface area contributed by atoms with Gasteiger partial charge in [0, 0.05) is 44.6 Å². The van der Waals surface area contributed by atoms with Gasteiger partial charge < -0.3 is 4.90 Å². The molecule has 0 saturated carbocycles. The molecule has 0 radical (unpaired) electrons. The number of rotatable bonds is 4. The maximum Gasteiger partial charge on any atom is 0.0659 e. The standard InChI is InChI=1S/C19H26N4/c1-21-11-18-7-8-19(15-21)22(13-18)12-16-3-5-17(6-4-16)14-23-10-2-9-20-23/h2-6,9-10,18-19H,7-8,11-15H2,1H3/t18-,19+/m1/s1. The molecule has 3 fully saturated rings. The molecule has 23 heavy (non-hydrogen) atoms. The van der Waals surface area contributed by atoms with Crippen molar-refractivity contribution < 1.29 is 0 Å². The van der Waals surface area contributed by atoms with E-state index in [1.54, 1.807) is 0 Å². The second kappa shape index (κ2) is 6.46. The van der Waals surface area contributed by atoms with E-state index in [4.69, 9.17) is 0 Å². The lowest BCUT2D eigenvalue weighted by Gasteiger charge is -2.36. The molecule has 0 spiro atoms. The number of hydrogen-bond donors (Lipinski definition) is 0. The maximum atomic E-state index is 4.27. The minimum atomic E-state index is 0.738. The van der Waals surface area contributed by atoms with Crippen LogP contribution >= 0.6 is 0 Å². The minimum Gasteiger partial charge on any atom is -0.304 e. The van der Waals surface area contributed by atoms with Crippen molar-refractivity contribution in [2.75, 3.05) is 26.7 Å². The third kappa shape index (κ3) is 3.48. The molecule has 5 rings (SSSR count). The molecule has 2 atom stereocenters. The van der Waals surface area contributed by atoms with Gasteiger partial charge in [-0.15, -0.1) is 0 Å². The van der Waals surface area contributed by atoms with Gasteiger partial charge in [0.2, 0.25) is 0 Å². The minimum absolute atomic E-state index is 0.738. The summed E-state index contributed by atoms with van der Waals surface area (Å²) in [5.74, 6) is 0.859. The Kier molecular flexibility index (Phi) is 4.19. The van der Waals surface area contributed by atoms with Gasteiger partial charge in [-0.3, -0.25) is 9.58 Å². The molecule has 3 aliphatic rings. The van der Waals surface area contributed by atoms with Crippen LogP contribution in [-0.4, -0.2) is 52.3 Å². The Morgan fingerprint density at radius 1 is 1.00 bits per heavy atom. The van der Waals surface area contributed by atoms with Crippen molar-refractivity contribution in [2.45, 2.75) is 32.0 Å². The van der Waals surface area contributed by atoms with Crippen molar-refractivity contribution >= 4 is 0 Å². The van der Waals surface area contributed by atoms with Crippen molar-refractivity contribution in [3.05, 3.63) is 53.9 Å². The summed E-state index contributed by atoms with van der Waals surface area (Å²) in [6.07, 6.45) is 6.62. The van der Waals surface area contributed by atoms with Crippen LogP contribution in [0.4, 0.5) is 0 Å². The number of likely N-dealkylation sites (N-methyl/N-ethyl adjacent to an activating group) is 1. The van der Waals surface area contributed by atoms with E-state index in [0.29, 0.717) is 0 Å². The lowest BCUT2D eigenvalue weighted by molar-refractivity contribution is 0.124. The van der Waals surface area contributed by atoms with Crippen molar-refractivity contribution in [1.82, 2.24) is 19.6 Å². The molecule has 4 heteroatoms. The number of nitrogens with zero attached hydrogens (tertiary/aromatic N) is 4. The van der Waals surface area contributed by atoms with E-state index in [-0.39, 0.29) is 0 Å². The van der Waals surface area contributed by atoms with E-state index in [0.717, 1.165) is 25.0 Å². The second-order valence-corrected chi connectivity index (χ2v) is 7.27. The predicted octanol–water partition coefficient (Wildman–Crippen LogP) is 2.46. The van der Waals surface area contributed by atoms with Crippen molar-refractivity contribution in [2.24, 2.45) is 5.92 Å². The van der Waals surface area contributed by atoms with Crippen LogP contribution in [0.2, 0.25) is 0 Å². The average Bonchev–Trinajstić information content (AvgIpc) is 2.92. The van der Waals surface area contributed by atoms with Gasteiger partial charge >= 0.3 is 0 Å². The van der Waals surface area contributed by atoms with Gasteiger partial charge in [0.1, 0.15) is 0 Å². The highest BCUT2D eigenvalue weighted by Gasteiger charge is 2.33. The van der Waals surface area contributed by atoms with Crippen LogP contribution in [-0.2, 0) is 13.1 Å². The summed E-state index contributed by atoms with van der Waals surface area (Å²) in [4.78, 5) is 5.23. The Bertz CT molecular complexity index is 619. The molecule has 0 amide bonds. The van der Waals surface area contributed by atoms with Gasteiger partial charge in [-0.1, -0.05) is 24.3 Å². The molecule has 3 aliphatic heterocycles. The fraction of sp³-hybridized carbons (Fsp3) is 0.526.